The standard InChI is InChI=1S/C13H22O2/c1-2-3-4-7-12-11(6-5-10-14)8-9-13(12)15/h10-12H,2-9H2,1H3. The Morgan fingerprint density at radius 3 is 2.80 bits per heavy atom. The molecule has 0 amide bonds. The van der Waals surface area contributed by atoms with Gasteiger partial charge < -0.3 is 4.79 Å². The number of Topliss-reactive ketones (excluding diaryl/α,β-unsaturated/α-hetero) is 1. The van der Waals surface area contributed by atoms with Crippen LogP contribution in [0.3, 0.4) is 0 Å². The van der Waals surface area contributed by atoms with Gasteiger partial charge in [-0.25, -0.2) is 0 Å². The second-order valence-electron chi connectivity index (χ2n) is 4.61. The fraction of sp³-hybridized carbons (Fsp3) is 0.846. The molecule has 0 aromatic rings. The van der Waals surface area contributed by atoms with Crippen LogP contribution in [0.4, 0.5) is 0 Å². The Labute approximate surface area is 92.4 Å². The molecular weight excluding hydrogens is 188 g/mol. The van der Waals surface area contributed by atoms with Crippen LogP contribution in [0, 0.1) is 11.8 Å². The Balaban J connectivity index is 2.34. The molecule has 1 aliphatic rings. The lowest BCUT2D eigenvalue weighted by Gasteiger charge is -2.16. The molecular formula is C13H22O2. The summed E-state index contributed by atoms with van der Waals surface area (Å²) in [5, 5.41) is 0. The lowest BCUT2D eigenvalue weighted by Crippen LogP contribution is -2.15. The van der Waals surface area contributed by atoms with Crippen molar-refractivity contribution < 1.29 is 9.59 Å². The largest absolute Gasteiger partial charge is 0.303 e. The van der Waals surface area contributed by atoms with Gasteiger partial charge in [-0.1, -0.05) is 26.2 Å². The molecule has 0 heterocycles. The van der Waals surface area contributed by atoms with Gasteiger partial charge in [0.25, 0.3) is 0 Å². The average Bonchev–Trinajstić information content (AvgIpc) is 2.58. The van der Waals surface area contributed by atoms with Gasteiger partial charge in [0.2, 0.25) is 0 Å². The average molecular weight is 210 g/mol. The van der Waals surface area contributed by atoms with Crippen LogP contribution in [0.1, 0.15) is 58.3 Å². The van der Waals surface area contributed by atoms with E-state index in [1.54, 1.807) is 0 Å². The maximum atomic E-state index is 11.7. The first-order valence-corrected chi connectivity index (χ1v) is 6.26. The molecule has 0 radical (unpaired) electrons. The molecule has 1 aliphatic carbocycles. The Morgan fingerprint density at radius 2 is 2.13 bits per heavy atom. The fourth-order valence-electron chi connectivity index (χ4n) is 2.62. The first-order chi connectivity index (χ1) is 7.29. The van der Waals surface area contributed by atoms with Gasteiger partial charge in [-0.05, 0) is 25.2 Å². The van der Waals surface area contributed by atoms with Crippen molar-refractivity contribution in [1.29, 1.82) is 0 Å². The highest BCUT2D eigenvalue weighted by molar-refractivity contribution is 5.83. The summed E-state index contributed by atoms with van der Waals surface area (Å²) < 4.78 is 0. The van der Waals surface area contributed by atoms with Crippen molar-refractivity contribution in [3.8, 4) is 0 Å². The molecule has 2 unspecified atom stereocenters. The van der Waals surface area contributed by atoms with E-state index in [-0.39, 0.29) is 5.92 Å². The smallest absolute Gasteiger partial charge is 0.136 e. The van der Waals surface area contributed by atoms with Crippen LogP contribution in [0.2, 0.25) is 0 Å². The Hall–Kier alpha value is -0.660. The topological polar surface area (TPSA) is 34.1 Å². The summed E-state index contributed by atoms with van der Waals surface area (Å²) >= 11 is 0. The third-order valence-corrected chi connectivity index (χ3v) is 3.52. The van der Waals surface area contributed by atoms with Crippen molar-refractivity contribution in [3.05, 3.63) is 0 Å². The molecule has 0 aromatic heterocycles. The third kappa shape index (κ3) is 3.77. The zero-order valence-electron chi connectivity index (χ0n) is 9.71. The predicted octanol–water partition coefficient (Wildman–Crippen LogP) is 3.14. The van der Waals surface area contributed by atoms with Crippen LogP contribution >= 0.6 is 0 Å². The second-order valence-corrected chi connectivity index (χ2v) is 4.61. The lowest BCUT2D eigenvalue weighted by molar-refractivity contribution is -0.121. The van der Waals surface area contributed by atoms with Crippen LogP contribution in [0.15, 0.2) is 0 Å². The fourth-order valence-corrected chi connectivity index (χ4v) is 2.62. The maximum Gasteiger partial charge on any atom is 0.136 e. The first kappa shape index (κ1) is 12.4. The Morgan fingerprint density at radius 1 is 1.33 bits per heavy atom. The molecule has 2 atom stereocenters. The zero-order chi connectivity index (χ0) is 11.1. The normalized spacial score (nSPS) is 25.8. The van der Waals surface area contributed by atoms with E-state index in [1.165, 1.54) is 19.3 Å². The van der Waals surface area contributed by atoms with Crippen LogP contribution < -0.4 is 0 Å². The van der Waals surface area contributed by atoms with E-state index < -0.39 is 0 Å². The van der Waals surface area contributed by atoms with Crippen molar-refractivity contribution in [3.63, 3.8) is 0 Å². The number of aldehydes is 1. The maximum absolute atomic E-state index is 11.7. The lowest BCUT2D eigenvalue weighted by atomic mass is 9.87. The quantitative estimate of drug-likeness (QED) is 0.478. The molecule has 0 bridgehead atoms. The number of rotatable bonds is 7. The SMILES string of the molecule is CCCCCC1C(=O)CCC1CCC=O. The molecule has 0 N–H and O–H groups in total. The molecule has 0 spiro atoms. The van der Waals surface area contributed by atoms with E-state index in [9.17, 15) is 9.59 Å². The molecule has 2 heteroatoms. The molecule has 15 heavy (non-hydrogen) atoms. The molecule has 2 nitrogen and oxygen atoms in total. The summed E-state index contributed by atoms with van der Waals surface area (Å²) in [5.41, 5.74) is 0. The van der Waals surface area contributed by atoms with Crippen molar-refractivity contribution in [1.82, 2.24) is 0 Å². The van der Waals surface area contributed by atoms with Crippen LogP contribution in [-0.2, 0) is 9.59 Å². The van der Waals surface area contributed by atoms with Gasteiger partial charge in [0.05, 0.1) is 0 Å². The third-order valence-electron chi connectivity index (χ3n) is 3.52. The molecule has 1 rings (SSSR count). The highest BCUT2D eigenvalue weighted by Gasteiger charge is 2.33. The number of unbranched alkanes of at least 4 members (excludes halogenated alkanes) is 2. The monoisotopic (exact) mass is 210 g/mol. The Kier molecular flexibility index (Phi) is 5.59. The van der Waals surface area contributed by atoms with Gasteiger partial charge in [0.1, 0.15) is 12.1 Å². The van der Waals surface area contributed by atoms with Crippen LogP contribution in [0.25, 0.3) is 0 Å². The van der Waals surface area contributed by atoms with Gasteiger partial charge in [-0.2, -0.15) is 0 Å². The molecule has 86 valence electrons. The van der Waals surface area contributed by atoms with Gasteiger partial charge >= 0.3 is 0 Å². The van der Waals surface area contributed by atoms with Crippen molar-refractivity contribution in [2.45, 2.75) is 58.3 Å². The van der Waals surface area contributed by atoms with E-state index in [1.807, 2.05) is 0 Å². The minimum atomic E-state index is 0.275. The summed E-state index contributed by atoms with van der Waals surface area (Å²) in [6, 6.07) is 0. The summed E-state index contributed by atoms with van der Waals surface area (Å²) in [5.74, 6) is 1.22. The second kappa shape index (κ2) is 6.76. The van der Waals surface area contributed by atoms with E-state index in [0.29, 0.717) is 18.1 Å². The minimum absolute atomic E-state index is 0.275. The summed E-state index contributed by atoms with van der Waals surface area (Å²) in [6.45, 7) is 2.18. The number of hydrogen-bond acceptors (Lipinski definition) is 2. The summed E-state index contributed by atoms with van der Waals surface area (Å²) in [7, 11) is 0. The highest BCUT2D eigenvalue weighted by atomic mass is 16.1. The van der Waals surface area contributed by atoms with Gasteiger partial charge in [-0.15, -0.1) is 0 Å². The summed E-state index contributed by atoms with van der Waals surface area (Å²) in [6.07, 6.45) is 8.95. The van der Waals surface area contributed by atoms with Crippen LogP contribution in [-0.4, -0.2) is 12.1 Å². The number of ketones is 1. The predicted molar refractivity (Wildman–Crippen MR) is 60.7 cm³/mol. The molecule has 0 saturated heterocycles. The van der Waals surface area contributed by atoms with Gasteiger partial charge in [-0.3, -0.25) is 4.79 Å². The van der Waals surface area contributed by atoms with Gasteiger partial charge in [0.15, 0.2) is 0 Å². The van der Waals surface area contributed by atoms with E-state index in [0.717, 1.165) is 32.0 Å². The molecule has 1 fully saturated rings. The van der Waals surface area contributed by atoms with E-state index in [2.05, 4.69) is 6.92 Å². The molecule has 0 aromatic carbocycles. The zero-order valence-corrected chi connectivity index (χ0v) is 9.71. The van der Waals surface area contributed by atoms with E-state index >= 15 is 0 Å². The van der Waals surface area contributed by atoms with Crippen molar-refractivity contribution >= 4 is 12.1 Å². The van der Waals surface area contributed by atoms with Crippen LogP contribution in [0.5, 0.6) is 0 Å². The highest BCUT2D eigenvalue weighted by Crippen LogP contribution is 2.35. The molecule has 0 aliphatic heterocycles. The van der Waals surface area contributed by atoms with Gasteiger partial charge in [0, 0.05) is 18.8 Å². The molecule has 1 saturated carbocycles. The minimum Gasteiger partial charge on any atom is -0.303 e. The first-order valence-electron chi connectivity index (χ1n) is 6.26. The van der Waals surface area contributed by atoms with Crippen molar-refractivity contribution in [2.24, 2.45) is 11.8 Å². The van der Waals surface area contributed by atoms with Crippen molar-refractivity contribution in [2.75, 3.05) is 0 Å². The number of hydrogen-bond donors (Lipinski definition) is 0. The summed E-state index contributed by atoms with van der Waals surface area (Å²) in [4.78, 5) is 22.0. The number of carbonyl (C=O) groups excluding carboxylic acids is 2. The Bertz CT molecular complexity index is 211. The van der Waals surface area contributed by atoms with E-state index in [4.69, 9.17) is 0 Å². The number of carbonyl (C=O) groups is 2.